The highest BCUT2D eigenvalue weighted by atomic mass is 16.1. The van der Waals surface area contributed by atoms with Crippen LogP contribution in [0.1, 0.15) is 54.6 Å². The highest BCUT2D eigenvalue weighted by Gasteiger charge is 2.49. The molecule has 2 aliphatic carbocycles. The monoisotopic (exact) mass is 257 g/mol. The van der Waals surface area contributed by atoms with Gasteiger partial charge in [0.25, 0.3) is 0 Å². The molecule has 2 bridgehead atoms. The standard InChI is InChI=1S/C17H23NO/c1-11-13-5-4-8-17(11,2)15-9-12(10-18-3)6-7-14(15)16(13)19/h6-7,9,11,13,18H,4-5,8,10H2,1-3H3/t11-,13-,17-/m0/s1. The van der Waals surface area contributed by atoms with Crippen LogP contribution in [0.25, 0.3) is 0 Å². The first-order chi connectivity index (χ1) is 9.08. The van der Waals surface area contributed by atoms with Crippen molar-refractivity contribution in [1.82, 2.24) is 5.32 Å². The molecule has 3 rings (SSSR count). The molecule has 1 N–H and O–H groups in total. The molecule has 0 aromatic heterocycles. The van der Waals surface area contributed by atoms with E-state index >= 15 is 0 Å². The summed E-state index contributed by atoms with van der Waals surface area (Å²) in [6.07, 6.45) is 3.48. The maximum Gasteiger partial charge on any atom is 0.166 e. The van der Waals surface area contributed by atoms with Crippen molar-refractivity contribution >= 4 is 5.78 Å². The van der Waals surface area contributed by atoms with Crippen molar-refractivity contribution in [1.29, 1.82) is 0 Å². The molecule has 2 aliphatic rings. The van der Waals surface area contributed by atoms with Crippen molar-refractivity contribution in [2.24, 2.45) is 11.8 Å². The molecule has 19 heavy (non-hydrogen) atoms. The lowest BCUT2D eigenvalue weighted by Gasteiger charge is -2.49. The predicted octanol–water partition coefficient (Wildman–Crippen LogP) is 3.30. The van der Waals surface area contributed by atoms with Gasteiger partial charge in [0.1, 0.15) is 0 Å². The van der Waals surface area contributed by atoms with E-state index < -0.39 is 0 Å². The number of carbonyl (C=O) groups is 1. The van der Waals surface area contributed by atoms with Crippen LogP contribution in [-0.2, 0) is 12.0 Å². The summed E-state index contributed by atoms with van der Waals surface area (Å²) < 4.78 is 0. The number of fused-ring (bicyclic) bond motifs is 4. The number of benzene rings is 1. The second-order valence-electron chi connectivity index (χ2n) is 6.48. The van der Waals surface area contributed by atoms with Crippen LogP contribution >= 0.6 is 0 Å². The summed E-state index contributed by atoms with van der Waals surface area (Å²) in [5.41, 5.74) is 3.76. The minimum absolute atomic E-state index is 0.190. The van der Waals surface area contributed by atoms with Crippen LogP contribution in [0.15, 0.2) is 18.2 Å². The molecule has 2 nitrogen and oxygen atoms in total. The summed E-state index contributed by atoms with van der Waals surface area (Å²) in [5.74, 6) is 1.11. The Kier molecular flexibility index (Phi) is 3.01. The number of hydrogen-bond acceptors (Lipinski definition) is 2. The van der Waals surface area contributed by atoms with Gasteiger partial charge in [0.2, 0.25) is 0 Å². The zero-order chi connectivity index (χ0) is 13.6. The van der Waals surface area contributed by atoms with Crippen LogP contribution in [0.3, 0.4) is 0 Å². The Morgan fingerprint density at radius 1 is 1.42 bits per heavy atom. The number of carbonyl (C=O) groups excluding carboxylic acids is 1. The normalized spacial score (nSPS) is 33.1. The second kappa shape index (κ2) is 4.45. The molecular formula is C17H23NO. The third kappa shape index (κ3) is 1.77. The van der Waals surface area contributed by atoms with Gasteiger partial charge in [0, 0.05) is 18.0 Å². The molecule has 1 aromatic carbocycles. The smallest absolute Gasteiger partial charge is 0.166 e. The Bertz CT molecular complexity index is 522. The Balaban J connectivity index is 2.15. The average Bonchev–Trinajstić information content (AvgIpc) is 2.40. The number of ketones is 1. The minimum atomic E-state index is 0.190. The van der Waals surface area contributed by atoms with Crippen molar-refractivity contribution < 1.29 is 4.79 Å². The highest BCUT2D eigenvalue weighted by Crippen LogP contribution is 2.52. The molecule has 0 aliphatic heterocycles. The molecule has 0 saturated heterocycles. The molecule has 102 valence electrons. The summed E-state index contributed by atoms with van der Waals surface area (Å²) >= 11 is 0. The summed E-state index contributed by atoms with van der Waals surface area (Å²) in [5, 5.41) is 3.20. The van der Waals surface area contributed by atoms with E-state index in [0.29, 0.717) is 11.7 Å². The Morgan fingerprint density at radius 3 is 2.95 bits per heavy atom. The fourth-order valence-corrected chi connectivity index (χ4v) is 4.14. The van der Waals surface area contributed by atoms with E-state index in [9.17, 15) is 4.79 Å². The molecule has 0 unspecified atom stereocenters. The van der Waals surface area contributed by atoms with E-state index in [1.165, 1.54) is 24.0 Å². The average molecular weight is 257 g/mol. The molecule has 0 spiro atoms. The molecule has 0 heterocycles. The van der Waals surface area contributed by atoms with Gasteiger partial charge in [0.05, 0.1) is 0 Å². The fourth-order valence-electron chi connectivity index (χ4n) is 4.14. The molecule has 1 saturated carbocycles. The van der Waals surface area contributed by atoms with Crippen LogP contribution in [-0.4, -0.2) is 12.8 Å². The second-order valence-corrected chi connectivity index (χ2v) is 6.48. The van der Waals surface area contributed by atoms with E-state index in [1.54, 1.807) is 0 Å². The maximum atomic E-state index is 12.6. The zero-order valence-corrected chi connectivity index (χ0v) is 12.1. The largest absolute Gasteiger partial charge is 0.316 e. The molecule has 3 atom stereocenters. The quantitative estimate of drug-likeness (QED) is 0.880. The van der Waals surface area contributed by atoms with Crippen molar-refractivity contribution in [3.63, 3.8) is 0 Å². The summed E-state index contributed by atoms with van der Waals surface area (Å²) in [6.45, 7) is 5.50. The van der Waals surface area contributed by atoms with Crippen molar-refractivity contribution in [3.05, 3.63) is 34.9 Å². The lowest BCUT2D eigenvalue weighted by molar-refractivity contribution is 0.0668. The van der Waals surface area contributed by atoms with Gasteiger partial charge in [-0.15, -0.1) is 0 Å². The van der Waals surface area contributed by atoms with Gasteiger partial charge in [-0.3, -0.25) is 4.79 Å². The summed E-state index contributed by atoms with van der Waals surface area (Å²) in [7, 11) is 1.96. The number of rotatable bonds is 2. The Morgan fingerprint density at radius 2 is 2.21 bits per heavy atom. The molecule has 1 fully saturated rings. The third-order valence-electron chi connectivity index (χ3n) is 5.50. The molecule has 1 aromatic rings. The summed E-state index contributed by atoms with van der Waals surface area (Å²) in [6, 6.07) is 6.43. The lowest BCUT2D eigenvalue weighted by Crippen LogP contribution is -2.47. The van der Waals surface area contributed by atoms with E-state index in [0.717, 1.165) is 18.5 Å². The van der Waals surface area contributed by atoms with Crippen molar-refractivity contribution in [2.45, 2.75) is 45.1 Å². The number of Topliss-reactive ketones (excluding diaryl/α,β-unsaturated/α-hetero) is 1. The topological polar surface area (TPSA) is 29.1 Å². The highest BCUT2D eigenvalue weighted by molar-refractivity contribution is 6.01. The van der Waals surface area contributed by atoms with Gasteiger partial charge in [-0.05, 0) is 42.3 Å². The van der Waals surface area contributed by atoms with Crippen molar-refractivity contribution in [3.8, 4) is 0 Å². The van der Waals surface area contributed by atoms with E-state index in [1.807, 2.05) is 7.05 Å². The van der Waals surface area contributed by atoms with Crippen LogP contribution in [0.5, 0.6) is 0 Å². The lowest BCUT2D eigenvalue weighted by atomic mass is 9.54. The first-order valence-corrected chi connectivity index (χ1v) is 7.40. The van der Waals surface area contributed by atoms with Gasteiger partial charge >= 0.3 is 0 Å². The van der Waals surface area contributed by atoms with Gasteiger partial charge in [-0.1, -0.05) is 38.5 Å². The zero-order valence-electron chi connectivity index (χ0n) is 12.1. The molecule has 0 radical (unpaired) electrons. The fraction of sp³-hybridized carbons (Fsp3) is 0.588. The molecule has 2 heteroatoms. The van der Waals surface area contributed by atoms with Crippen LogP contribution in [0.4, 0.5) is 0 Å². The van der Waals surface area contributed by atoms with Gasteiger partial charge in [0.15, 0.2) is 5.78 Å². The van der Waals surface area contributed by atoms with Crippen molar-refractivity contribution in [2.75, 3.05) is 7.05 Å². The van der Waals surface area contributed by atoms with Crippen LogP contribution < -0.4 is 5.32 Å². The van der Waals surface area contributed by atoms with Crippen LogP contribution in [0.2, 0.25) is 0 Å². The van der Waals surface area contributed by atoms with Gasteiger partial charge < -0.3 is 5.32 Å². The number of nitrogens with one attached hydrogen (secondary N) is 1. The maximum absolute atomic E-state index is 12.6. The van der Waals surface area contributed by atoms with Crippen LogP contribution in [0, 0.1) is 11.8 Å². The minimum Gasteiger partial charge on any atom is -0.316 e. The first-order valence-electron chi connectivity index (χ1n) is 7.40. The SMILES string of the molecule is CNCc1ccc2c(c1)[C@@]1(C)CCC[C@H](C2=O)[C@@H]1C. The van der Waals surface area contributed by atoms with Gasteiger partial charge in [-0.2, -0.15) is 0 Å². The molecular weight excluding hydrogens is 234 g/mol. The van der Waals surface area contributed by atoms with E-state index in [-0.39, 0.29) is 11.3 Å². The molecule has 0 amide bonds. The third-order valence-corrected chi connectivity index (χ3v) is 5.50. The van der Waals surface area contributed by atoms with E-state index in [2.05, 4.69) is 37.4 Å². The predicted molar refractivity (Wildman–Crippen MR) is 77.4 cm³/mol. The van der Waals surface area contributed by atoms with E-state index in [4.69, 9.17) is 0 Å². The number of hydrogen-bond donors (Lipinski definition) is 1. The van der Waals surface area contributed by atoms with Gasteiger partial charge in [-0.25, -0.2) is 0 Å². The Labute approximate surface area is 115 Å². The first kappa shape index (κ1) is 12.9. The summed E-state index contributed by atoms with van der Waals surface area (Å²) in [4.78, 5) is 12.6. The Hall–Kier alpha value is -1.15.